The van der Waals surface area contributed by atoms with E-state index >= 15 is 0 Å². The van der Waals surface area contributed by atoms with Crippen molar-refractivity contribution in [3.8, 4) is 11.5 Å². The van der Waals surface area contributed by atoms with Gasteiger partial charge < -0.3 is 34.7 Å². The second-order valence-electron chi connectivity index (χ2n) is 10.7. The maximum Gasteiger partial charge on any atom is 0.431 e. The van der Waals surface area contributed by atoms with Crippen molar-refractivity contribution in [1.82, 2.24) is 10.6 Å². The van der Waals surface area contributed by atoms with Crippen LogP contribution in [0.4, 0.5) is 18.9 Å². The molecular weight excluding hydrogens is 651 g/mol. The van der Waals surface area contributed by atoms with E-state index < -0.39 is 52.0 Å². The molecule has 3 N–H and O–H groups in total. The van der Waals surface area contributed by atoms with Gasteiger partial charge in [-0.2, -0.15) is 13.2 Å². The molecule has 1 heterocycles. The maximum absolute atomic E-state index is 14.1. The number of aliphatic hydroxyl groups excluding tert-OH is 1. The van der Waals surface area contributed by atoms with Gasteiger partial charge in [-0.25, -0.2) is 9.59 Å². The van der Waals surface area contributed by atoms with Gasteiger partial charge in [0.2, 0.25) is 0 Å². The number of non-ortho nitro benzene ring substituents is 1. The standard InChI is InChI=1S/C34H34F3N3O9/c1-21-28(29(23-9-6-10-24(19-23)40(44)45)30(32(42)46-2)31(39-21)34(35,36)37)33(43)49-18-17-48-26-13-11-25(12-14-26)47-16-15-38-20-27(41)22-7-4-3-5-8-22/h3-14,19,27,29,38-39,41H,15-18,20H2,1-2H3. The van der Waals surface area contributed by atoms with E-state index in [1.165, 1.54) is 19.1 Å². The number of carbonyl (C=O) groups is 2. The molecule has 0 radical (unpaired) electrons. The van der Waals surface area contributed by atoms with Crippen LogP contribution in [0.5, 0.6) is 11.5 Å². The van der Waals surface area contributed by atoms with Crippen LogP contribution in [0.15, 0.2) is 101 Å². The number of halogens is 3. The van der Waals surface area contributed by atoms with Gasteiger partial charge in [-0.1, -0.05) is 42.5 Å². The first-order valence-electron chi connectivity index (χ1n) is 15.0. The minimum atomic E-state index is -5.06. The number of nitrogens with zero attached hydrogens (tertiary/aromatic N) is 1. The molecule has 0 fully saturated rings. The summed E-state index contributed by atoms with van der Waals surface area (Å²) in [4.78, 5) is 36.7. The van der Waals surface area contributed by atoms with Gasteiger partial charge in [0.1, 0.15) is 37.0 Å². The Bertz CT molecular complexity index is 1690. The topological polar surface area (TPSA) is 158 Å². The third-order valence-corrected chi connectivity index (χ3v) is 7.36. The number of methoxy groups -OCH3 is 1. The molecule has 0 spiro atoms. The average molecular weight is 686 g/mol. The van der Waals surface area contributed by atoms with Crippen LogP contribution in [0, 0.1) is 10.1 Å². The molecule has 2 atom stereocenters. The fourth-order valence-electron chi connectivity index (χ4n) is 5.08. The van der Waals surface area contributed by atoms with Crippen LogP contribution >= 0.6 is 0 Å². The highest BCUT2D eigenvalue weighted by Gasteiger charge is 2.47. The van der Waals surface area contributed by atoms with Crippen molar-refractivity contribution in [3.05, 3.63) is 123 Å². The first-order valence-corrected chi connectivity index (χ1v) is 15.0. The molecule has 49 heavy (non-hydrogen) atoms. The number of aliphatic hydroxyl groups is 1. The molecule has 3 aromatic rings. The number of hydrogen-bond donors (Lipinski definition) is 3. The van der Waals surface area contributed by atoms with Crippen molar-refractivity contribution in [1.29, 1.82) is 0 Å². The Morgan fingerprint density at radius 2 is 1.59 bits per heavy atom. The number of benzene rings is 3. The van der Waals surface area contributed by atoms with E-state index in [2.05, 4.69) is 15.4 Å². The fraction of sp³-hybridized carbons (Fsp3) is 0.294. The Hall–Kier alpha value is -5.41. The minimum Gasteiger partial charge on any atom is -0.492 e. The maximum atomic E-state index is 14.1. The summed E-state index contributed by atoms with van der Waals surface area (Å²) in [7, 11) is 0.880. The second-order valence-corrected chi connectivity index (χ2v) is 10.7. The number of nitro groups is 1. The molecule has 3 aromatic carbocycles. The summed E-state index contributed by atoms with van der Waals surface area (Å²) in [5, 5.41) is 26.8. The van der Waals surface area contributed by atoms with Crippen LogP contribution in [0.1, 0.15) is 30.1 Å². The third kappa shape index (κ3) is 9.58. The highest BCUT2D eigenvalue weighted by molar-refractivity contribution is 6.00. The Labute approximate surface area is 279 Å². The molecule has 15 heteroatoms. The van der Waals surface area contributed by atoms with Crippen LogP contribution < -0.4 is 20.1 Å². The van der Waals surface area contributed by atoms with Crippen LogP contribution in [-0.4, -0.2) is 68.2 Å². The van der Waals surface area contributed by atoms with Gasteiger partial charge >= 0.3 is 18.1 Å². The zero-order valence-corrected chi connectivity index (χ0v) is 26.5. The first-order chi connectivity index (χ1) is 23.4. The summed E-state index contributed by atoms with van der Waals surface area (Å²) in [5.41, 5.74) is -2.80. The predicted octanol–water partition coefficient (Wildman–Crippen LogP) is 4.87. The molecule has 0 saturated heterocycles. The Morgan fingerprint density at radius 3 is 2.20 bits per heavy atom. The summed E-state index contributed by atoms with van der Waals surface area (Å²) in [5.74, 6) is -3.17. The normalized spacial score (nSPS) is 15.3. The molecule has 260 valence electrons. The third-order valence-electron chi connectivity index (χ3n) is 7.36. The molecular formula is C34H34F3N3O9. The molecule has 1 aliphatic rings. The van der Waals surface area contributed by atoms with Gasteiger partial charge in [0.15, 0.2) is 0 Å². The largest absolute Gasteiger partial charge is 0.492 e. The molecule has 0 bridgehead atoms. The van der Waals surface area contributed by atoms with Crippen molar-refractivity contribution in [2.75, 3.05) is 40.0 Å². The van der Waals surface area contributed by atoms with Gasteiger partial charge in [-0.15, -0.1) is 0 Å². The van der Waals surface area contributed by atoms with E-state index in [0.717, 1.165) is 24.8 Å². The molecule has 12 nitrogen and oxygen atoms in total. The smallest absolute Gasteiger partial charge is 0.431 e. The van der Waals surface area contributed by atoms with Gasteiger partial charge in [0.05, 0.1) is 35.2 Å². The number of dihydropyridines is 1. The lowest BCUT2D eigenvalue weighted by atomic mass is 9.80. The highest BCUT2D eigenvalue weighted by atomic mass is 19.4. The van der Waals surface area contributed by atoms with Crippen LogP contribution in [-0.2, 0) is 19.1 Å². The number of carbonyl (C=O) groups excluding carboxylic acids is 2. The molecule has 0 amide bonds. The van der Waals surface area contributed by atoms with Crippen molar-refractivity contribution < 1.29 is 51.7 Å². The number of ether oxygens (including phenoxy) is 4. The molecule has 1 aliphatic heterocycles. The summed E-state index contributed by atoms with van der Waals surface area (Å²) < 4.78 is 63.5. The Morgan fingerprint density at radius 1 is 0.939 bits per heavy atom. The Balaban J connectivity index is 1.35. The number of allylic oxidation sites excluding steroid dienone is 2. The second kappa shape index (κ2) is 16.6. The monoisotopic (exact) mass is 685 g/mol. The number of nitro benzene ring substituents is 1. The van der Waals surface area contributed by atoms with E-state index in [4.69, 9.17) is 14.2 Å². The van der Waals surface area contributed by atoms with E-state index in [1.807, 2.05) is 30.3 Å². The van der Waals surface area contributed by atoms with Crippen molar-refractivity contribution in [2.24, 2.45) is 0 Å². The van der Waals surface area contributed by atoms with E-state index in [1.54, 1.807) is 24.3 Å². The van der Waals surface area contributed by atoms with Crippen LogP contribution in [0.25, 0.3) is 0 Å². The van der Waals surface area contributed by atoms with Crippen molar-refractivity contribution in [3.63, 3.8) is 0 Å². The number of hydrogen-bond acceptors (Lipinski definition) is 11. The lowest BCUT2D eigenvalue weighted by molar-refractivity contribution is -0.384. The molecule has 0 aliphatic carbocycles. The van der Waals surface area contributed by atoms with Crippen molar-refractivity contribution in [2.45, 2.75) is 25.1 Å². The van der Waals surface area contributed by atoms with Crippen LogP contribution in [0.2, 0.25) is 0 Å². The molecule has 0 aromatic heterocycles. The summed E-state index contributed by atoms with van der Waals surface area (Å²) in [6.07, 6.45) is -5.70. The Kier molecular flexibility index (Phi) is 12.4. The quantitative estimate of drug-likeness (QED) is 0.0868. The molecule has 0 saturated carbocycles. The number of rotatable bonds is 15. The lowest BCUT2D eigenvalue weighted by Crippen LogP contribution is -2.38. The minimum absolute atomic E-state index is 0.122. The van der Waals surface area contributed by atoms with E-state index in [9.17, 15) is 38.0 Å². The van der Waals surface area contributed by atoms with Gasteiger partial charge in [-0.05, 0) is 42.3 Å². The fourth-order valence-corrected chi connectivity index (χ4v) is 5.08. The summed E-state index contributed by atoms with van der Waals surface area (Å²) in [6.45, 7) is 1.95. The summed E-state index contributed by atoms with van der Waals surface area (Å²) >= 11 is 0. The van der Waals surface area contributed by atoms with E-state index in [-0.39, 0.29) is 30.0 Å². The predicted molar refractivity (Wildman–Crippen MR) is 169 cm³/mol. The zero-order valence-electron chi connectivity index (χ0n) is 26.5. The molecule has 4 rings (SSSR count). The van der Waals surface area contributed by atoms with Gasteiger partial charge in [0.25, 0.3) is 5.69 Å². The SMILES string of the molecule is COC(=O)C1=C(C(F)(F)F)NC(C)=C(C(=O)OCCOc2ccc(OCCNCC(O)c3ccccc3)cc2)C1c1cccc([N+](=O)[O-])c1. The average Bonchev–Trinajstić information content (AvgIpc) is 3.09. The van der Waals surface area contributed by atoms with Crippen molar-refractivity contribution >= 4 is 17.6 Å². The number of alkyl halides is 3. The van der Waals surface area contributed by atoms with E-state index in [0.29, 0.717) is 31.2 Å². The number of esters is 2. The van der Waals surface area contributed by atoms with Crippen LogP contribution in [0.3, 0.4) is 0 Å². The van der Waals surface area contributed by atoms with Gasteiger partial charge in [0, 0.05) is 30.9 Å². The first kappa shape index (κ1) is 36.4. The lowest BCUT2D eigenvalue weighted by Gasteiger charge is -2.31. The summed E-state index contributed by atoms with van der Waals surface area (Å²) in [6, 6.07) is 20.5. The zero-order chi connectivity index (χ0) is 35.6. The van der Waals surface area contributed by atoms with Gasteiger partial charge in [-0.3, -0.25) is 10.1 Å². The number of nitrogens with one attached hydrogen (secondary N) is 2. The molecule has 2 unspecified atom stereocenters. The highest BCUT2D eigenvalue weighted by Crippen LogP contribution is 2.44.